The van der Waals surface area contributed by atoms with Crippen LogP contribution >= 0.6 is 0 Å². The smallest absolute Gasteiger partial charge is 0.255 e. The van der Waals surface area contributed by atoms with Crippen LogP contribution in [0.2, 0.25) is 0 Å². The molecule has 0 fully saturated rings. The summed E-state index contributed by atoms with van der Waals surface area (Å²) in [5.74, 6) is 1.34. The van der Waals surface area contributed by atoms with E-state index >= 15 is 0 Å². The molecule has 1 N–H and O–H groups in total. The predicted octanol–water partition coefficient (Wildman–Crippen LogP) is 3.80. The average molecular weight is 358 g/mol. The maximum atomic E-state index is 12.6. The van der Waals surface area contributed by atoms with Gasteiger partial charge in [-0.1, -0.05) is 6.07 Å². The number of rotatable bonds is 5. The van der Waals surface area contributed by atoms with Crippen molar-refractivity contribution in [2.75, 3.05) is 5.32 Å². The van der Waals surface area contributed by atoms with Gasteiger partial charge in [0.2, 0.25) is 0 Å². The molecule has 4 aromatic rings. The average Bonchev–Trinajstić information content (AvgIpc) is 3.12. The molecule has 0 aliphatic rings. The first kappa shape index (κ1) is 16.8. The summed E-state index contributed by atoms with van der Waals surface area (Å²) in [5.41, 5.74) is 2.13. The lowest BCUT2D eigenvalue weighted by Gasteiger charge is -2.09. The van der Waals surface area contributed by atoms with Crippen molar-refractivity contribution in [2.45, 2.75) is 6.61 Å². The highest BCUT2D eigenvalue weighted by Gasteiger charge is 2.09. The molecule has 6 heteroatoms. The predicted molar refractivity (Wildman–Crippen MR) is 104 cm³/mol. The second-order valence-electron chi connectivity index (χ2n) is 6.10. The first-order chi connectivity index (χ1) is 13.2. The maximum Gasteiger partial charge on any atom is 0.255 e. The highest BCUT2D eigenvalue weighted by molar-refractivity contribution is 6.08. The molecule has 0 aliphatic carbocycles. The lowest BCUT2D eigenvalue weighted by atomic mass is 10.1. The van der Waals surface area contributed by atoms with Crippen LogP contribution in [0.1, 0.15) is 16.2 Å². The van der Waals surface area contributed by atoms with Crippen LogP contribution in [0, 0.1) is 0 Å². The Kier molecular flexibility index (Phi) is 4.53. The Morgan fingerprint density at radius 3 is 2.67 bits per heavy atom. The molecule has 0 saturated carbocycles. The van der Waals surface area contributed by atoms with Crippen molar-refractivity contribution >= 4 is 22.5 Å². The van der Waals surface area contributed by atoms with Crippen molar-refractivity contribution in [2.24, 2.45) is 7.05 Å². The number of hydrogen-bond donors (Lipinski definition) is 1. The molecule has 0 radical (unpaired) electrons. The Hall–Kier alpha value is -3.67. The number of aryl methyl sites for hydroxylation is 1. The second kappa shape index (κ2) is 7.29. The summed E-state index contributed by atoms with van der Waals surface area (Å²) in [6.45, 7) is 0.373. The Morgan fingerprint density at radius 2 is 1.89 bits per heavy atom. The van der Waals surface area contributed by atoms with Crippen molar-refractivity contribution in [3.05, 3.63) is 84.6 Å². The number of hydrogen-bond acceptors (Lipinski definition) is 4. The molecule has 2 aromatic carbocycles. The molecule has 27 heavy (non-hydrogen) atoms. The molecule has 134 valence electrons. The number of ether oxygens (including phenoxy) is 1. The van der Waals surface area contributed by atoms with Gasteiger partial charge in [0.1, 0.15) is 18.2 Å². The minimum atomic E-state index is -0.179. The molecular weight excluding hydrogens is 340 g/mol. The molecule has 0 atom stereocenters. The van der Waals surface area contributed by atoms with Crippen LogP contribution in [0.25, 0.3) is 10.9 Å². The second-order valence-corrected chi connectivity index (χ2v) is 6.10. The number of nitrogens with zero attached hydrogens (tertiary/aromatic N) is 3. The Bertz CT molecular complexity index is 1080. The molecule has 1 amide bonds. The zero-order chi connectivity index (χ0) is 18.6. The first-order valence-electron chi connectivity index (χ1n) is 8.55. The van der Waals surface area contributed by atoms with Crippen molar-refractivity contribution in [1.82, 2.24) is 14.5 Å². The number of pyridine rings is 1. The van der Waals surface area contributed by atoms with Gasteiger partial charge in [-0.25, -0.2) is 4.98 Å². The van der Waals surface area contributed by atoms with Crippen molar-refractivity contribution in [3.63, 3.8) is 0 Å². The summed E-state index contributed by atoms with van der Waals surface area (Å²) in [5, 5.41) is 3.86. The molecular formula is C21H18N4O2. The molecule has 2 heterocycles. The van der Waals surface area contributed by atoms with Crippen molar-refractivity contribution in [1.29, 1.82) is 0 Å². The lowest BCUT2D eigenvalue weighted by molar-refractivity contribution is 0.102. The SMILES string of the molecule is Cn1ccnc1COc1ccc(C(=O)Nc2cccc3ncccc23)cc1. The number of amides is 1. The number of imidazole rings is 1. The number of aromatic nitrogens is 3. The van der Waals surface area contributed by atoms with E-state index < -0.39 is 0 Å². The summed E-state index contributed by atoms with van der Waals surface area (Å²) in [6, 6.07) is 16.5. The van der Waals surface area contributed by atoms with Crippen LogP contribution in [0.4, 0.5) is 5.69 Å². The van der Waals surface area contributed by atoms with E-state index in [0.717, 1.165) is 22.4 Å². The van der Waals surface area contributed by atoms with Crippen molar-refractivity contribution < 1.29 is 9.53 Å². The highest BCUT2D eigenvalue weighted by Crippen LogP contribution is 2.22. The minimum absolute atomic E-state index is 0.179. The van der Waals surface area contributed by atoms with E-state index in [4.69, 9.17) is 4.74 Å². The first-order valence-corrected chi connectivity index (χ1v) is 8.55. The number of benzene rings is 2. The van der Waals surface area contributed by atoms with Crippen LogP contribution in [0.5, 0.6) is 5.75 Å². The molecule has 2 aromatic heterocycles. The number of nitrogens with one attached hydrogen (secondary N) is 1. The zero-order valence-electron chi connectivity index (χ0n) is 14.8. The highest BCUT2D eigenvalue weighted by atomic mass is 16.5. The fraction of sp³-hybridized carbons (Fsp3) is 0.0952. The molecule has 6 nitrogen and oxygen atoms in total. The molecule has 0 aliphatic heterocycles. The molecule has 0 bridgehead atoms. The molecule has 0 unspecified atom stereocenters. The van der Waals surface area contributed by atoms with E-state index in [9.17, 15) is 4.79 Å². The van der Waals surface area contributed by atoms with Crippen molar-refractivity contribution in [3.8, 4) is 5.75 Å². The van der Waals surface area contributed by atoms with Gasteiger partial charge in [-0.3, -0.25) is 9.78 Å². The van der Waals surface area contributed by atoms with Gasteiger partial charge in [-0.05, 0) is 48.5 Å². The largest absolute Gasteiger partial charge is 0.486 e. The number of carbonyl (C=O) groups is 1. The number of carbonyl (C=O) groups excluding carboxylic acids is 1. The number of anilines is 1. The van der Waals surface area contributed by atoms with Gasteiger partial charge in [-0.15, -0.1) is 0 Å². The van der Waals surface area contributed by atoms with E-state index in [-0.39, 0.29) is 5.91 Å². The molecule has 4 rings (SSSR count). The summed E-state index contributed by atoms with van der Waals surface area (Å²) in [4.78, 5) is 21.1. The monoisotopic (exact) mass is 358 g/mol. The summed E-state index contributed by atoms with van der Waals surface area (Å²) >= 11 is 0. The zero-order valence-corrected chi connectivity index (χ0v) is 14.8. The summed E-state index contributed by atoms with van der Waals surface area (Å²) in [7, 11) is 1.92. The normalized spacial score (nSPS) is 10.7. The Labute approximate surface area is 156 Å². The van der Waals surface area contributed by atoms with E-state index in [1.807, 2.05) is 48.1 Å². The number of fused-ring (bicyclic) bond motifs is 1. The van der Waals surface area contributed by atoms with Gasteiger partial charge < -0.3 is 14.6 Å². The minimum Gasteiger partial charge on any atom is -0.486 e. The maximum absolute atomic E-state index is 12.6. The third kappa shape index (κ3) is 3.64. The Balaban J connectivity index is 1.45. The summed E-state index contributed by atoms with van der Waals surface area (Å²) < 4.78 is 7.62. The van der Waals surface area contributed by atoms with Gasteiger partial charge >= 0.3 is 0 Å². The van der Waals surface area contributed by atoms with Gasteiger partial charge in [-0.2, -0.15) is 0 Å². The fourth-order valence-electron chi connectivity index (χ4n) is 2.79. The van der Waals surface area contributed by atoms with Crippen LogP contribution in [-0.4, -0.2) is 20.4 Å². The van der Waals surface area contributed by atoms with E-state index in [2.05, 4.69) is 15.3 Å². The van der Waals surface area contributed by atoms with Crippen LogP contribution < -0.4 is 10.1 Å². The quantitative estimate of drug-likeness (QED) is 0.589. The fourth-order valence-corrected chi connectivity index (χ4v) is 2.79. The molecule has 0 saturated heterocycles. The molecule has 0 spiro atoms. The Morgan fingerprint density at radius 1 is 1.04 bits per heavy atom. The van der Waals surface area contributed by atoms with E-state index in [1.54, 1.807) is 36.7 Å². The van der Waals surface area contributed by atoms with Gasteiger partial charge in [0, 0.05) is 36.6 Å². The third-order valence-electron chi connectivity index (χ3n) is 4.30. The van der Waals surface area contributed by atoms with Crippen LogP contribution in [0.3, 0.4) is 0 Å². The van der Waals surface area contributed by atoms with E-state index in [1.165, 1.54) is 0 Å². The van der Waals surface area contributed by atoms with Crippen LogP contribution in [0.15, 0.2) is 73.2 Å². The lowest BCUT2D eigenvalue weighted by Crippen LogP contribution is -2.12. The van der Waals surface area contributed by atoms with Gasteiger partial charge in [0.25, 0.3) is 5.91 Å². The van der Waals surface area contributed by atoms with Gasteiger partial charge in [0.15, 0.2) is 0 Å². The third-order valence-corrected chi connectivity index (χ3v) is 4.30. The van der Waals surface area contributed by atoms with Gasteiger partial charge in [0.05, 0.1) is 11.2 Å². The summed E-state index contributed by atoms with van der Waals surface area (Å²) in [6.07, 6.45) is 5.33. The topological polar surface area (TPSA) is 69.0 Å². The standard InChI is InChI=1S/C21H18N4O2/c1-25-13-12-23-20(25)14-27-16-9-7-15(8-10-16)21(26)24-19-6-2-5-18-17(19)4-3-11-22-18/h2-13H,14H2,1H3,(H,24,26). The van der Waals surface area contributed by atoms with Crippen LogP contribution in [-0.2, 0) is 13.7 Å². The van der Waals surface area contributed by atoms with E-state index in [0.29, 0.717) is 17.9 Å².